The van der Waals surface area contributed by atoms with Crippen LogP contribution in [0.15, 0.2) is 30.7 Å². The number of pyridine rings is 1. The van der Waals surface area contributed by atoms with Gasteiger partial charge < -0.3 is 5.11 Å². The zero-order chi connectivity index (χ0) is 11.5. The van der Waals surface area contributed by atoms with E-state index < -0.39 is 11.9 Å². The molecule has 0 fully saturated rings. The Morgan fingerprint density at radius 3 is 2.31 bits per heavy atom. The first-order valence-electron chi connectivity index (χ1n) is 4.34. The van der Waals surface area contributed by atoms with Crippen LogP contribution in [-0.4, -0.2) is 26.0 Å². The number of aromatic carboxylic acids is 1. The average Bonchev–Trinajstić information content (AvgIpc) is 2.30. The molecule has 0 aliphatic heterocycles. The molecule has 0 saturated heterocycles. The van der Waals surface area contributed by atoms with E-state index >= 15 is 0 Å². The molecule has 0 aromatic carbocycles. The molecule has 0 aliphatic rings. The molecule has 1 N–H and O–H groups in total. The van der Waals surface area contributed by atoms with E-state index in [1.54, 1.807) is 0 Å². The van der Waals surface area contributed by atoms with Gasteiger partial charge in [0.05, 0.1) is 5.56 Å². The number of aromatic nitrogens is 3. The molecule has 0 aliphatic carbocycles. The molecule has 5 nitrogen and oxygen atoms in total. The van der Waals surface area contributed by atoms with Crippen molar-refractivity contribution >= 4 is 5.97 Å². The van der Waals surface area contributed by atoms with Crippen molar-refractivity contribution in [2.75, 3.05) is 0 Å². The fourth-order valence-electron chi connectivity index (χ4n) is 1.10. The summed E-state index contributed by atoms with van der Waals surface area (Å²) in [6.07, 6.45) is 3.66. The van der Waals surface area contributed by atoms with Gasteiger partial charge in [0.15, 0.2) is 5.82 Å². The number of carboxylic acids is 1. The van der Waals surface area contributed by atoms with Crippen LogP contribution in [0.1, 0.15) is 10.4 Å². The molecule has 6 heteroatoms. The molecule has 2 aromatic rings. The zero-order valence-electron chi connectivity index (χ0n) is 7.96. The predicted molar refractivity (Wildman–Crippen MR) is 52.2 cm³/mol. The second kappa shape index (κ2) is 4.01. The molecule has 16 heavy (non-hydrogen) atoms. The maximum Gasteiger partial charge on any atom is 0.338 e. The van der Waals surface area contributed by atoms with Gasteiger partial charge in [0.25, 0.3) is 0 Å². The number of carboxylic acid groups (broad SMARTS) is 1. The van der Waals surface area contributed by atoms with Gasteiger partial charge >= 0.3 is 5.97 Å². The normalized spacial score (nSPS) is 10.1. The molecular weight excluding hydrogens is 213 g/mol. The SMILES string of the molecule is O=C(O)c1cnc(-c2ccc(F)nc2)nc1. The van der Waals surface area contributed by atoms with Crippen LogP contribution in [0.5, 0.6) is 0 Å². The van der Waals surface area contributed by atoms with Gasteiger partial charge in [-0.15, -0.1) is 0 Å². The minimum atomic E-state index is -1.09. The highest BCUT2D eigenvalue weighted by Gasteiger charge is 2.06. The summed E-state index contributed by atoms with van der Waals surface area (Å²) in [5.41, 5.74) is 0.525. The molecule has 2 aromatic heterocycles. The molecule has 80 valence electrons. The highest BCUT2D eigenvalue weighted by Crippen LogP contribution is 2.12. The van der Waals surface area contributed by atoms with Crippen molar-refractivity contribution in [1.29, 1.82) is 0 Å². The summed E-state index contributed by atoms with van der Waals surface area (Å²) >= 11 is 0. The second-order valence-electron chi connectivity index (χ2n) is 2.97. The lowest BCUT2D eigenvalue weighted by molar-refractivity contribution is 0.0696. The van der Waals surface area contributed by atoms with Crippen LogP contribution in [0.25, 0.3) is 11.4 Å². The monoisotopic (exact) mass is 219 g/mol. The standard InChI is InChI=1S/C10H6FN3O2/c11-8-2-1-6(3-12-8)9-13-4-7(5-14-9)10(15)16/h1-5H,(H,15,16). The zero-order valence-corrected chi connectivity index (χ0v) is 7.96. The van der Waals surface area contributed by atoms with Crippen molar-refractivity contribution in [1.82, 2.24) is 15.0 Å². The van der Waals surface area contributed by atoms with Gasteiger partial charge in [-0.1, -0.05) is 0 Å². The van der Waals surface area contributed by atoms with E-state index in [4.69, 9.17) is 5.11 Å². The number of carbonyl (C=O) groups is 1. The Kier molecular flexibility index (Phi) is 2.55. The molecule has 0 radical (unpaired) electrons. The van der Waals surface area contributed by atoms with Gasteiger partial charge in [0.1, 0.15) is 0 Å². The van der Waals surface area contributed by atoms with Crippen LogP contribution in [0, 0.1) is 5.95 Å². The average molecular weight is 219 g/mol. The fourth-order valence-corrected chi connectivity index (χ4v) is 1.10. The first kappa shape index (κ1) is 10.2. The minimum Gasteiger partial charge on any atom is -0.478 e. The Hall–Kier alpha value is -2.37. The third kappa shape index (κ3) is 2.00. The first-order valence-corrected chi connectivity index (χ1v) is 4.34. The third-order valence-corrected chi connectivity index (χ3v) is 1.88. The van der Waals surface area contributed by atoms with Crippen molar-refractivity contribution in [2.45, 2.75) is 0 Å². The molecule has 0 bridgehead atoms. The predicted octanol–water partition coefficient (Wildman–Crippen LogP) is 1.38. The van der Waals surface area contributed by atoms with E-state index in [9.17, 15) is 9.18 Å². The Balaban J connectivity index is 2.34. The number of nitrogens with zero attached hydrogens (tertiary/aromatic N) is 3. The molecule has 0 amide bonds. The van der Waals surface area contributed by atoms with Crippen LogP contribution in [-0.2, 0) is 0 Å². The second-order valence-corrected chi connectivity index (χ2v) is 2.97. The van der Waals surface area contributed by atoms with Crippen molar-refractivity contribution in [3.05, 3.63) is 42.2 Å². The number of hydrogen-bond donors (Lipinski definition) is 1. The molecule has 0 unspecified atom stereocenters. The van der Waals surface area contributed by atoms with E-state index in [1.165, 1.54) is 30.7 Å². The highest BCUT2D eigenvalue weighted by molar-refractivity contribution is 5.86. The number of halogens is 1. The molecule has 0 atom stereocenters. The summed E-state index contributed by atoms with van der Waals surface area (Å²) in [5, 5.41) is 8.64. The Bertz CT molecular complexity index is 511. The quantitative estimate of drug-likeness (QED) is 0.772. The topological polar surface area (TPSA) is 76.0 Å². The lowest BCUT2D eigenvalue weighted by atomic mass is 10.2. The van der Waals surface area contributed by atoms with E-state index in [0.717, 1.165) is 0 Å². The van der Waals surface area contributed by atoms with E-state index in [0.29, 0.717) is 11.4 Å². The third-order valence-electron chi connectivity index (χ3n) is 1.88. The van der Waals surface area contributed by atoms with Crippen molar-refractivity contribution in [3.63, 3.8) is 0 Å². The molecule has 2 heterocycles. The Labute approximate surface area is 89.6 Å². The van der Waals surface area contributed by atoms with Gasteiger partial charge in [-0.3, -0.25) is 0 Å². The molecule has 2 rings (SSSR count). The summed E-state index contributed by atoms with van der Waals surface area (Å²) in [6, 6.07) is 2.65. The summed E-state index contributed by atoms with van der Waals surface area (Å²) in [4.78, 5) is 21.7. The minimum absolute atomic E-state index is 0.00109. The maximum absolute atomic E-state index is 12.5. The van der Waals surface area contributed by atoms with E-state index in [-0.39, 0.29) is 5.56 Å². The van der Waals surface area contributed by atoms with Gasteiger partial charge in [0, 0.05) is 24.2 Å². The lowest BCUT2D eigenvalue weighted by Crippen LogP contribution is -1.99. The van der Waals surface area contributed by atoms with Gasteiger partial charge in [-0.2, -0.15) is 4.39 Å². The van der Waals surface area contributed by atoms with E-state index in [1.807, 2.05) is 0 Å². The van der Waals surface area contributed by atoms with Gasteiger partial charge in [-0.25, -0.2) is 19.7 Å². The van der Waals surface area contributed by atoms with Crippen LogP contribution in [0.4, 0.5) is 4.39 Å². The van der Waals surface area contributed by atoms with Gasteiger partial charge in [0.2, 0.25) is 5.95 Å². The smallest absolute Gasteiger partial charge is 0.338 e. The number of hydrogen-bond acceptors (Lipinski definition) is 4. The fraction of sp³-hybridized carbons (Fsp3) is 0. The Morgan fingerprint density at radius 2 is 1.81 bits per heavy atom. The van der Waals surface area contributed by atoms with Gasteiger partial charge in [-0.05, 0) is 12.1 Å². The molecule has 0 saturated carbocycles. The maximum atomic E-state index is 12.5. The van der Waals surface area contributed by atoms with E-state index in [2.05, 4.69) is 15.0 Å². The van der Waals surface area contributed by atoms with Crippen LogP contribution in [0.2, 0.25) is 0 Å². The summed E-state index contributed by atoms with van der Waals surface area (Å²) < 4.78 is 12.5. The lowest BCUT2D eigenvalue weighted by Gasteiger charge is -1.99. The largest absolute Gasteiger partial charge is 0.478 e. The van der Waals surface area contributed by atoms with Crippen LogP contribution >= 0.6 is 0 Å². The van der Waals surface area contributed by atoms with Crippen LogP contribution < -0.4 is 0 Å². The summed E-state index contributed by atoms with van der Waals surface area (Å²) in [7, 11) is 0. The molecule has 0 spiro atoms. The Morgan fingerprint density at radius 1 is 1.12 bits per heavy atom. The van der Waals surface area contributed by atoms with Crippen molar-refractivity contribution in [3.8, 4) is 11.4 Å². The first-order chi connectivity index (χ1) is 7.66. The van der Waals surface area contributed by atoms with Crippen LogP contribution in [0.3, 0.4) is 0 Å². The molecular formula is C10H6FN3O2. The highest BCUT2D eigenvalue weighted by atomic mass is 19.1. The summed E-state index contributed by atoms with van der Waals surface area (Å²) in [6.45, 7) is 0. The van der Waals surface area contributed by atoms with Crippen molar-refractivity contribution in [2.24, 2.45) is 0 Å². The van der Waals surface area contributed by atoms with Crippen molar-refractivity contribution < 1.29 is 14.3 Å². The number of rotatable bonds is 2. The summed E-state index contributed by atoms with van der Waals surface area (Å²) in [5.74, 6) is -1.38.